The summed E-state index contributed by atoms with van der Waals surface area (Å²) in [5, 5.41) is 0. The molecule has 2 rings (SSSR count). The zero-order valence-corrected chi connectivity index (χ0v) is 8.00. The molecule has 0 amide bonds. The Balaban J connectivity index is 1.90. The van der Waals surface area contributed by atoms with E-state index in [9.17, 15) is 0 Å². The van der Waals surface area contributed by atoms with Gasteiger partial charge in [-0.05, 0) is 31.6 Å². The number of nitrogens with zero attached hydrogens (tertiary/aromatic N) is 1. The molecule has 1 saturated heterocycles. The lowest BCUT2D eigenvalue weighted by Gasteiger charge is -2.23. The highest BCUT2D eigenvalue weighted by atomic mass is 15.2. The maximum absolute atomic E-state index is 5.66. The Hall–Kier alpha value is -0.0800. The van der Waals surface area contributed by atoms with Crippen molar-refractivity contribution < 1.29 is 0 Å². The SMILES string of the molecule is CC(CN)N1CC2CCCC2C1. The molecule has 70 valence electrons. The molecule has 3 atom stereocenters. The first kappa shape index (κ1) is 8.52. The van der Waals surface area contributed by atoms with Crippen LogP contribution < -0.4 is 5.73 Å². The summed E-state index contributed by atoms with van der Waals surface area (Å²) in [6.45, 7) is 5.71. The standard InChI is InChI=1S/C10H20N2/c1-8(5-11)12-6-9-3-2-4-10(9)7-12/h8-10H,2-7,11H2,1H3. The van der Waals surface area contributed by atoms with Gasteiger partial charge < -0.3 is 5.73 Å². The molecule has 1 aliphatic heterocycles. The molecule has 0 aromatic carbocycles. The first-order valence-electron chi connectivity index (χ1n) is 5.25. The van der Waals surface area contributed by atoms with E-state index in [2.05, 4.69) is 11.8 Å². The van der Waals surface area contributed by atoms with Gasteiger partial charge in [-0.3, -0.25) is 4.90 Å². The Kier molecular flexibility index (Phi) is 2.37. The van der Waals surface area contributed by atoms with Crippen molar-refractivity contribution in [3.63, 3.8) is 0 Å². The molecule has 0 radical (unpaired) electrons. The van der Waals surface area contributed by atoms with Crippen LogP contribution in [0.2, 0.25) is 0 Å². The molecule has 3 unspecified atom stereocenters. The van der Waals surface area contributed by atoms with Gasteiger partial charge in [-0.15, -0.1) is 0 Å². The van der Waals surface area contributed by atoms with Gasteiger partial charge in [-0.25, -0.2) is 0 Å². The van der Waals surface area contributed by atoms with E-state index in [4.69, 9.17) is 5.73 Å². The van der Waals surface area contributed by atoms with Crippen LogP contribution in [-0.2, 0) is 0 Å². The van der Waals surface area contributed by atoms with Crippen LogP contribution in [0.15, 0.2) is 0 Å². The molecule has 1 aliphatic carbocycles. The smallest absolute Gasteiger partial charge is 0.0190 e. The van der Waals surface area contributed by atoms with Gasteiger partial charge in [0.2, 0.25) is 0 Å². The van der Waals surface area contributed by atoms with Crippen molar-refractivity contribution in [1.82, 2.24) is 4.90 Å². The van der Waals surface area contributed by atoms with Gasteiger partial charge in [0.1, 0.15) is 0 Å². The van der Waals surface area contributed by atoms with E-state index >= 15 is 0 Å². The molecule has 12 heavy (non-hydrogen) atoms. The van der Waals surface area contributed by atoms with Gasteiger partial charge in [0, 0.05) is 25.7 Å². The van der Waals surface area contributed by atoms with E-state index in [0.29, 0.717) is 6.04 Å². The molecule has 2 heteroatoms. The lowest BCUT2D eigenvalue weighted by molar-refractivity contribution is 0.244. The van der Waals surface area contributed by atoms with E-state index in [1.54, 1.807) is 0 Å². The molecule has 0 aromatic rings. The van der Waals surface area contributed by atoms with Crippen LogP contribution in [0, 0.1) is 11.8 Å². The number of nitrogens with two attached hydrogens (primary N) is 1. The summed E-state index contributed by atoms with van der Waals surface area (Å²) in [6, 6.07) is 0.607. The molecule has 2 aliphatic rings. The lowest BCUT2D eigenvalue weighted by atomic mass is 10.0. The van der Waals surface area contributed by atoms with Crippen LogP contribution in [0.4, 0.5) is 0 Å². The second kappa shape index (κ2) is 3.35. The monoisotopic (exact) mass is 168 g/mol. The van der Waals surface area contributed by atoms with E-state index in [0.717, 1.165) is 18.4 Å². The van der Waals surface area contributed by atoms with Crippen molar-refractivity contribution >= 4 is 0 Å². The Labute approximate surface area is 75.1 Å². The number of hydrogen-bond acceptors (Lipinski definition) is 2. The first-order chi connectivity index (χ1) is 5.81. The van der Waals surface area contributed by atoms with Crippen molar-refractivity contribution in [2.24, 2.45) is 17.6 Å². The third kappa shape index (κ3) is 1.38. The highest BCUT2D eigenvalue weighted by Crippen LogP contribution is 2.38. The normalized spacial score (nSPS) is 38.5. The van der Waals surface area contributed by atoms with Gasteiger partial charge >= 0.3 is 0 Å². The van der Waals surface area contributed by atoms with Crippen molar-refractivity contribution in [3.8, 4) is 0 Å². The molecule has 0 aromatic heterocycles. The summed E-state index contributed by atoms with van der Waals surface area (Å²) in [4.78, 5) is 2.58. The minimum Gasteiger partial charge on any atom is -0.329 e. The molecule has 1 heterocycles. The fourth-order valence-corrected chi connectivity index (χ4v) is 2.78. The van der Waals surface area contributed by atoms with E-state index in [-0.39, 0.29) is 0 Å². The molecule has 2 fully saturated rings. The second-order valence-corrected chi connectivity index (χ2v) is 4.49. The Morgan fingerprint density at radius 1 is 1.33 bits per heavy atom. The predicted octanol–water partition coefficient (Wildman–Crippen LogP) is 1.07. The van der Waals surface area contributed by atoms with Crippen LogP contribution in [0.25, 0.3) is 0 Å². The van der Waals surface area contributed by atoms with Crippen molar-refractivity contribution in [3.05, 3.63) is 0 Å². The van der Waals surface area contributed by atoms with Crippen LogP contribution in [-0.4, -0.2) is 30.6 Å². The summed E-state index contributed by atoms with van der Waals surface area (Å²) < 4.78 is 0. The topological polar surface area (TPSA) is 29.3 Å². The quantitative estimate of drug-likeness (QED) is 0.668. The summed E-state index contributed by atoms with van der Waals surface area (Å²) in [6.07, 6.45) is 4.41. The number of likely N-dealkylation sites (tertiary alicyclic amines) is 1. The Morgan fingerprint density at radius 3 is 2.42 bits per heavy atom. The minimum absolute atomic E-state index is 0.607. The highest BCUT2D eigenvalue weighted by Gasteiger charge is 2.37. The Bertz CT molecular complexity index is 146. The van der Waals surface area contributed by atoms with Gasteiger partial charge in [-0.1, -0.05) is 6.42 Å². The molecular weight excluding hydrogens is 148 g/mol. The highest BCUT2D eigenvalue weighted by molar-refractivity contribution is 4.90. The van der Waals surface area contributed by atoms with E-state index in [1.807, 2.05) is 0 Å². The van der Waals surface area contributed by atoms with Gasteiger partial charge in [0.25, 0.3) is 0 Å². The molecule has 2 N–H and O–H groups in total. The number of fused-ring (bicyclic) bond motifs is 1. The predicted molar refractivity (Wildman–Crippen MR) is 50.9 cm³/mol. The molecular formula is C10H20N2. The molecule has 0 bridgehead atoms. The maximum Gasteiger partial charge on any atom is 0.0190 e. The summed E-state index contributed by atoms with van der Waals surface area (Å²) >= 11 is 0. The average Bonchev–Trinajstić information content (AvgIpc) is 2.60. The van der Waals surface area contributed by atoms with Gasteiger partial charge in [0.05, 0.1) is 0 Å². The summed E-state index contributed by atoms with van der Waals surface area (Å²) in [5.74, 6) is 2.03. The van der Waals surface area contributed by atoms with E-state index in [1.165, 1.54) is 32.4 Å². The fraction of sp³-hybridized carbons (Fsp3) is 1.00. The van der Waals surface area contributed by atoms with Crippen LogP contribution in [0.3, 0.4) is 0 Å². The minimum atomic E-state index is 0.607. The third-order valence-corrected chi connectivity index (χ3v) is 3.72. The van der Waals surface area contributed by atoms with Crippen molar-refractivity contribution in [2.75, 3.05) is 19.6 Å². The zero-order chi connectivity index (χ0) is 8.55. The zero-order valence-electron chi connectivity index (χ0n) is 8.00. The second-order valence-electron chi connectivity index (χ2n) is 4.49. The van der Waals surface area contributed by atoms with E-state index < -0.39 is 0 Å². The fourth-order valence-electron chi connectivity index (χ4n) is 2.78. The Morgan fingerprint density at radius 2 is 1.92 bits per heavy atom. The number of rotatable bonds is 2. The average molecular weight is 168 g/mol. The van der Waals surface area contributed by atoms with Gasteiger partial charge in [0.15, 0.2) is 0 Å². The summed E-state index contributed by atoms with van der Waals surface area (Å²) in [7, 11) is 0. The summed E-state index contributed by atoms with van der Waals surface area (Å²) in [5.41, 5.74) is 5.66. The number of hydrogen-bond donors (Lipinski definition) is 1. The van der Waals surface area contributed by atoms with Crippen LogP contribution in [0.1, 0.15) is 26.2 Å². The third-order valence-electron chi connectivity index (χ3n) is 3.72. The first-order valence-corrected chi connectivity index (χ1v) is 5.25. The van der Waals surface area contributed by atoms with Crippen LogP contribution >= 0.6 is 0 Å². The maximum atomic E-state index is 5.66. The van der Waals surface area contributed by atoms with Gasteiger partial charge in [-0.2, -0.15) is 0 Å². The lowest BCUT2D eigenvalue weighted by Crippen LogP contribution is -2.37. The van der Waals surface area contributed by atoms with Crippen molar-refractivity contribution in [2.45, 2.75) is 32.2 Å². The molecule has 0 spiro atoms. The molecule has 1 saturated carbocycles. The van der Waals surface area contributed by atoms with Crippen molar-refractivity contribution in [1.29, 1.82) is 0 Å². The van der Waals surface area contributed by atoms with Crippen LogP contribution in [0.5, 0.6) is 0 Å². The largest absolute Gasteiger partial charge is 0.329 e. The molecule has 2 nitrogen and oxygen atoms in total.